The zero-order valence-electron chi connectivity index (χ0n) is 17.7. The van der Waals surface area contributed by atoms with E-state index in [9.17, 15) is 9.59 Å². The summed E-state index contributed by atoms with van der Waals surface area (Å²) in [5.41, 5.74) is 6.77. The number of nitrogens with zero attached hydrogens (tertiary/aromatic N) is 1. The number of aryl methyl sites for hydroxylation is 2. The Balaban J connectivity index is 1.49. The van der Waals surface area contributed by atoms with Crippen molar-refractivity contribution in [2.45, 2.75) is 20.8 Å². The number of nitrogens with one attached hydrogen (secondary N) is 1. The molecule has 0 bridgehead atoms. The predicted octanol–water partition coefficient (Wildman–Crippen LogP) is 4.36. The number of benzene rings is 3. The summed E-state index contributed by atoms with van der Waals surface area (Å²) in [5.74, 6) is 0.366. The molecule has 0 saturated carbocycles. The fourth-order valence-electron chi connectivity index (χ4n) is 2.86. The second kappa shape index (κ2) is 10.2. The lowest BCUT2D eigenvalue weighted by Crippen LogP contribution is -2.25. The maximum atomic E-state index is 12.1. The number of hydrazone groups is 1. The normalized spacial score (nSPS) is 10.7. The molecule has 0 unspecified atom stereocenters. The standard InChI is InChI=1S/C25H24N2O4/c1-17-9-10-18(2)24(19(17)3)30-16-23(28)27-26-15-20-11-13-22(14-12-20)31-25(29)21-7-5-4-6-8-21/h4-15H,16H2,1-3H3,(H,27,28). The van der Waals surface area contributed by atoms with Crippen LogP contribution in [-0.4, -0.2) is 24.7 Å². The molecule has 0 aromatic heterocycles. The highest BCUT2D eigenvalue weighted by Gasteiger charge is 2.09. The molecule has 6 heteroatoms. The zero-order chi connectivity index (χ0) is 22.2. The summed E-state index contributed by atoms with van der Waals surface area (Å²) in [6.45, 7) is 5.78. The third-order valence-electron chi connectivity index (χ3n) is 4.72. The van der Waals surface area contributed by atoms with Gasteiger partial charge in [-0.3, -0.25) is 4.79 Å². The van der Waals surface area contributed by atoms with Crippen LogP contribution >= 0.6 is 0 Å². The highest BCUT2D eigenvalue weighted by molar-refractivity contribution is 5.91. The van der Waals surface area contributed by atoms with Gasteiger partial charge in [-0.25, -0.2) is 10.2 Å². The molecular formula is C25H24N2O4. The molecule has 0 fully saturated rings. The van der Waals surface area contributed by atoms with Gasteiger partial charge in [0.1, 0.15) is 11.5 Å². The van der Waals surface area contributed by atoms with E-state index < -0.39 is 5.97 Å². The van der Waals surface area contributed by atoms with Crippen molar-refractivity contribution in [2.75, 3.05) is 6.61 Å². The fraction of sp³-hybridized carbons (Fsp3) is 0.160. The van der Waals surface area contributed by atoms with Crippen molar-refractivity contribution >= 4 is 18.1 Å². The van der Waals surface area contributed by atoms with Gasteiger partial charge in [0.2, 0.25) is 0 Å². The van der Waals surface area contributed by atoms with Crippen molar-refractivity contribution in [2.24, 2.45) is 5.10 Å². The quantitative estimate of drug-likeness (QED) is 0.269. The van der Waals surface area contributed by atoms with Crippen LogP contribution < -0.4 is 14.9 Å². The van der Waals surface area contributed by atoms with Crippen LogP contribution in [0.3, 0.4) is 0 Å². The minimum atomic E-state index is -0.423. The summed E-state index contributed by atoms with van der Waals surface area (Å²) >= 11 is 0. The molecule has 31 heavy (non-hydrogen) atoms. The van der Waals surface area contributed by atoms with Crippen LogP contribution in [-0.2, 0) is 4.79 Å². The zero-order valence-corrected chi connectivity index (χ0v) is 17.7. The van der Waals surface area contributed by atoms with Crippen LogP contribution in [0.25, 0.3) is 0 Å². The van der Waals surface area contributed by atoms with Crippen LogP contribution in [0.4, 0.5) is 0 Å². The number of ether oxygens (including phenoxy) is 2. The van der Waals surface area contributed by atoms with E-state index in [1.165, 1.54) is 6.21 Å². The molecule has 0 heterocycles. The van der Waals surface area contributed by atoms with E-state index in [1.807, 2.05) is 39.0 Å². The Morgan fingerprint density at radius 3 is 2.29 bits per heavy atom. The van der Waals surface area contributed by atoms with Crippen LogP contribution in [0.1, 0.15) is 32.6 Å². The summed E-state index contributed by atoms with van der Waals surface area (Å²) in [7, 11) is 0. The van der Waals surface area contributed by atoms with Crippen LogP contribution in [0.2, 0.25) is 0 Å². The SMILES string of the molecule is Cc1ccc(C)c(OCC(=O)NN=Cc2ccc(OC(=O)c3ccccc3)cc2)c1C. The fourth-order valence-corrected chi connectivity index (χ4v) is 2.86. The molecule has 158 valence electrons. The topological polar surface area (TPSA) is 77.0 Å². The number of carbonyl (C=O) groups excluding carboxylic acids is 2. The van der Waals surface area contributed by atoms with Gasteiger partial charge in [0.05, 0.1) is 11.8 Å². The Labute approximate surface area is 181 Å². The number of hydrogen-bond acceptors (Lipinski definition) is 5. The summed E-state index contributed by atoms with van der Waals surface area (Å²) in [5, 5.41) is 3.94. The molecule has 0 spiro atoms. The molecule has 1 amide bonds. The maximum Gasteiger partial charge on any atom is 0.343 e. The molecule has 6 nitrogen and oxygen atoms in total. The highest BCUT2D eigenvalue weighted by Crippen LogP contribution is 2.25. The summed E-state index contributed by atoms with van der Waals surface area (Å²) in [6, 6.07) is 19.6. The summed E-state index contributed by atoms with van der Waals surface area (Å²) in [4.78, 5) is 24.1. The van der Waals surface area contributed by atoms with Crippen LogP contribution in [0, 0.1) is 20.8 Å². The van der Waals surface area contributed by atoms with Crippen LogP contribution in [0.15, 0.2) is 71.8 Å². The molecule has 0 atom stereocenters. The Kier molecular flexibility index (Phi) is 7.17. The lowest BCUT2D eigenvalue weighted by atomic mass is 10.1. The van der Waals surface area contributed by atoms with Gasteiger partial charge in [-0.15, -0.1) is 0 Å². The van der Waals surface area contributed by atoms with Crippen molar-refractivity contribution in [3.8, 4) is 11.5 Å². The summed E-state index contributed by atoms with van der Waals surface area (Å²) < 4.78 is 11.0. The van der Waals surface area contributed by atoms with Crippen LogP contribution in [0.5, 0.6) is 11.5 Å². The van der Waals surface area contributed by atoms with Gasteiger partial charge >= 0.3 is 5.97 Å². The Morgan fingerprint density at radius 2 is 1.58 bits per heavy atom. The van der Waals surface area contributed by atoms with E-state index in [1.54, 1.807) is 48.5 Å². The molecule has 0 aliphatic rings. The minimum Gasteiger partial charge on any atom is -0.483 e. The number of amides is 1. The van der Waals surface area contributed by atoms with Crippen molar-refractivity contribution in [3.63, 3.8) is 0 Å². The highest BCUT2D eigenvalue weighted by atomic mass is 16.5. The van der Waals surface area contributed by atoms with Crippen molar-refractivity contribution < 1.29 is 19.1 Å². The Hall–Kier alpha value is -3.93. The first kappa shape index (κ1) is 21.8. The second-order valence-corrected chi connectivity index (χ2v) is 7.06. The molecule has 1 N–H and O–H groups in total. The number of esters is 1. The average molecular weight is 416 g/mol. The Morgan fingerprint density at radius 1 is 0.903 bits per heavy atom. The minimum absolute atomic E-state index is 0.128. The van der Waals surface area contributed by atoms with Crippen molar-refractivity contribution in [3.05, 3.63) is 94.5 Å². The van der Waals surface area contributed by atoms with E-state index in [2.05, 4.69) is 10.5 Å². The van der Waals surface area contributed by atoms with Crippen molar-refractivity contribution in [1.29, 1.82) is 0 Å². The number of hydrogen-bond donors (Lipinski definition) is 1. The number of carbonyl (C=O) groups is 2. The molecule has 0 aliphatic carbocycles. The van der Waals surface area contributed by atoms with Gasteiger partial charge in [0.25, 0.3) is 5.91 Å². The van der Waals surface area contributed by atoms with Gasteiger partial charge in [-0.2, -0.15) is 5.10 Å². The van der Waals surface area contributed by atoms with E-state index in [4.69, 9.17) is 9.47 Å². The smallest absolute Gasteiger partial charge is 0.343 e. The third-order valence-corrected chi connectivity index (χ3v) is 4.72. The molecule has 3 aromatic carbocycles. The first-order chi connectivity index (χ1) is 14.9. The molecule has 0 saturated heterocycles. The molecule has 3 rings (SSSR count). The third kappa shape index (κ3) is 6.02. The maximum absolute atomic E-state index is 12.1. The lowest BCUT2D eigenvalue weighted by molar-refractivity contribution is -0.123. The van der Waals surface area contributed by atoms with E-state index in [0.717, 1.165) is 28.0 Å². The summed E-state index contributed by atoms with van der Waals surface area (Å²) in [6.07, 6.45) is 1.50. The second-order valence-electron chi connectivity index (χ2n) is 7.06. The Bertz CT molecular complexity index is 1090. The molecule has 0 radical (unpaired) electrons. The van der Waals surface area contributed by atoms with Gasteiger partial charge in [0, 0.05) is 0 Å². The number of rotatable bonds is 7. The first-order valence-corrected chi connectivity index (χ1v) is 9.83. The first-order valence-electron chi connectivity index (χ1n) is 9.83. The molecule has 3 aromatic rings. The largest absolute Gasteiger partial charge is 0.483 e. The van der Waals surface area contributed by atoms with E-state index in [0.29, 0.717) is 11.3 Å². The van der Waals surface area contributed by atoms with Gasteiger partial charge in [-0.1, -0.05) is 30.3 Å². The van der Waals surface area contributed by atoms with E-state index >= 15 is 0 Å². The van der Waals surface area contributed by atoms with Gasteiger partial charge in [0.15, 0.2) is 6.61 Å². The molecular weight excluding hydrogens is 392 g/mol. The van der Waals surface area contributed by atoms with Crippen molar-refractivity contribution in [1.82, 2.24) is 5.43 Å². The van der Waals surface area contributed by atoms with Gasteiger partial charge in [-0.05, 0) is 79.4 Å². The average Bonchev–Trinajstić information content (AvgIpc) is 2.78. The monoisotopic (exact) mass is 416 g/mol. The van der Waals surface area contributed by atoms with E-state index in [-0.39, 0.29) is 12.5 Å². The lowest BCUT2D eigenvalue weighted by Gasteiger charge is -2.13. The van der Waals surface area contributed by atoms with Gasteiger partial charge < -0.3 is 9.47 Å². The molecule has 0 aliphatic heterocycles. The predicted molar refractivity (Wildman–Crippen MR) is 120 cm³/mol.